The first-order chi connectivity index (χ1) is 10.4. The molecule has 0 saturated carbocycles. The van der Waals surface area contributed by atoms with Crippen LogP contribution in [0.15, 0.2) is 4.99 Å². The van der Waals surface area contributed by atoms with E-state index in [1.54, 1.807) is 0 Å². The molecule has 1 aliphatic rings. The number of aliphatic hydroxyl groups excluding tert-OH is 1. The summed E-state index contributed by atoms with van der Waals surface area (Å²) in [5, 5.41) is 12.1. The Morgan fingerprint density at radius 2 is 1.43 bits per heavy atom. The number of aliphatic hydroxyl groups is 1. The molecule has 0 amide bonds. The van der Waals surface area contributed by atoms with Crippen LogP contribution in [0.3, 0.4) is 0 Å². The van der Waals surface area contributed by atoms with Crippen molar-refractivity contribution in [3.8, 4) is 0 Å². The van der Waals surface area contributed by atoms with Crippen LogP contribution in [0.4, 0.5) is 0 Å². The number of nitrogens with one attached hydrogen (secondary N) is 1. The highest BCUT2D eigenvalue weighted by Crippen LogP contribution is 2.14. The van der Waals surface area contributed by atoms with Gasteiger partial charge in [0.05, 0.1) is 6.04 Å². The molecular formula is C18H36N2O. The minimum atomic E-state index is 0.0644. The summed E-state index contributed by atoms with van der Waals surface area (Å²) in [7, 11) is 0. The molecule has 0 aromatic heterocycles. The lowest BCUT2D eigenvalue weighted by Crippen LogP contribution is -2.23. The summed E-state index contributed by atoms with van der Waals surface area (Å²) in [6, 6.07) is 0.412. The lowest BCUT2D eigenvalue weighted by Gasteiger charge is -2.05. The first-order valence-electron chi connectivity index (χ1n) is 9.28. The molecule has 1 rings (SSSR count). The minimum Gasteiger partial charge on any atom is -0.388 e. The molecule has 1 aliphatic heterocycles. The van der Waals surface area contributed by atoms with Crippen molar-refractivity contribution in [1.82, 2.24) is 5.32 Å². The Bertz CT molecular complexity index is 266. The Morgan fingerprint density at radius 3 is 1.90 bits per heavy atom. The van der Waals surface area contributed by atoms with Gasteiger partial charge in [0.15, 0.2) is 0 Å². The van der Waals surface area contributed by atoms with Crippen LogP contribution >= 0.6 is 0 Å². The molecule has 0 aliphatic carbocycles. The first-order valence-corrected chi connectivity index (χ1v) is 9.28. The summed E-state index contributed by atoms with van der Waals surface area (Å²) >= 11 is 0. The summed E-state index contributed by atoms with van der Waals surface area (Å²) in [4.78, 5) is 4.45. The molecule has 1 atom stereocenters. The van der Waals surface area contributed by atoms with E-state index in [1.807, 2.05) is 0 Å². The third kappa shape index (κ3) is 9.89. The number of nitrogens with zero attached hydrogens (tertiary/aromatic N) is 1. The highest BCUT2D eigenvalue weighted by molar-refractivity contribution is 5.84. The molecule has 0 spiro atoms. The molecule has 3 heteroatoms. The van der Waals surface area contributed by atoms with E-state index in [1.165, 1.54) is 83.5 Å². The molecule has 21 heavy (non-hydrogen) atoms. The van der Waals surface area contributed by atoms with Gasteiger partial charge in [0, 0.05) is 6.54 Å². The van der Waals surface area contributed by atoms with Gasteiger partial charge in [-0.15, -0.1) is 0 Å². The van der Waals surface area contributed by atoms with Crippen molar-refractivity contribution >= 4 is 5.84 Å². The average Bonchev–Trinajstić information content (AvgIpc) is 2.96. The van der Waals surface area contributed by atoms with Gasteiger partial charge in [-0.2, -0.15) is 0 Å². The second kappa shape index (κ2) is 13.1. The van der Waals surface area contributed by atoms with E-state index in [0.29, 0.717) is 6.04 Å². The molecule has 0 saturated heterocycles. The topological polar surface area (TPSA) is 44.6 Å². The molecule has 0 bridgehead atoms. The van der Waals surface area contributed by atoms with E-state index >= 15 is 0 Å². The van der Waals surface area contributed by atoms with Crippen molar-refractivity contribution in [2.45, 2.75) is 96.4 Å². The van der Waals surface area contributed by atoms with Crippen LogP contribution in [-0.4, -0.2) is 30.1 Å². The van der Waals surface area contributed by atoms with Crippen molar-refractivity contribution in [3.63, 3.8) is 0 Å². The Kier molecular flexibility index (Phi) is 11.5. The molecular weight excluding hydrogens is 260 g/mol. The van der Waals surface area contributed by atoms with E-state index in [4.69, 9.17) is 5.11 Å². The summed E-state index contributed by atoms with van der Waals surface area (Å²) in [6.07, 6.45) is 18.0. The second-order valence-corrected chi connectivity index (χ2v) is 6.45. The van der Waals surface area contributed by atoms with Crippen molar-refractivity contribution in [2.24, 2.45) is 4.99 Å². The Labute approximate surface area is 131 Å². The van der Waals surface area contributed by atoms with Gasteiger partial charge < -0.3 is 10.4 Å². The second-order valence-electron chi connectivity index (χ2n) is 6.45. The van der Waals surface area contributed by atoms with Crippen molar-refractivity contribution in [3.05, 3.63) is 0 Å². The van der Waals surface area contributed by atoms with Gasteiger partial charge >= 0.3 is 0 Å². The van der Waals surface area contributed by atoms with E-state index < -0.39 is 0 Å². The number of unbranched alkanes of at least 4 members (excludes halogenated alkanes) is 11. The van der Waals surface area contributed by atoms with Gasteiger partial charge in [0.2, 0.25) is 0 Å². The van der Waals surface area contributed by atoms with E-state index in [0.717, 1.165) is 12.4 Å². The lowest BCUT2D eigenvalue weighted by molar-refractivity contribution is 0.354. The number of amidine groups is 1. The standard InChI is InChI=1S/C18H36N2O/c1-2-3-4-5-6-7-8-9-10-11-12-13-14-17-15-19-18(16-21)20-17/h17,21H,2-16H2,1H3,(H,19,20). The fourth-order valence-corrected chi connectivity index (χ4v) is 3.03. The van der Waals surface area contributed by atoms with Gasteiger partial charge in [0.1, 0.15) is 12.4 Å². The number of rotatable bonds is 14. The fourth-order valence-electron chi connectivity index (χ4n) is 3.03. The highest BCUT2D eigenvalue weighted by atomic mass is 16.3. The highest BCUT2D eigenvalue weighted by Gasteiger charge is 2.14. The minimum absolute atomic E-state index is 0.0644. The van der Waals surface area contributed by atoms with Gasteiger partial charge in [-0.25, -0.2) is 0 Å². The summed E-state index contributed by atoms with van der Waals surface area (Å²) in [5.41, 5.74) is 0. The molecule has 3 nitrogen and oxygen atoms in total. The van der Waals surface area contributed by atoms with Crippen LogP contribution in [0, 0.1) is 0 Å². The number of hydrogen-bond donors (Lipinski definition) is 2. The molecule has 0 fully saturated rings. The summed E-state index contributed by atoms with van der Waals surface area (Å²) in [6.45, 7) is 3.27. The van der Waals surface area contributed by atoms with Crippen LogP contribution in [0.25, 0.3) is 0 Å². The van der Waals surface area contributed by atoms with Crippen molar-refractivity contribution < 1.29 is 5.11 Å². The molecule has 0 radical (unpaired) electrons. The van der Waals surface area contributed by atoms with Crippen LogP contribution in [0.2, 0.25) is 0 Å². The first kappa shape index (κ1) is 18.5. The van der Waals surface area contributed by atoms with E-state index in [2.05, 4.69) is 17.2 Å². The molecule has 124 valence electrons. The Morgan fingerprint density at radius 1 is 0.905 bits per heavy atom. The summed E-state index contributed by atoms with van der Waals surface area (Å²) < 4.78 is 0. The lowest BCUT2D eigenvalue weighted by atomic mass is 10.0. The smallest absolute Gasteiger partial charge is 0.123 e. The Hall–Kier alpha value is -0.570. The zero-order valence-electron chi connectivity index (χ0n) is 14.1. The number of aliphatic imine (C=N–C) groups is 1. The van der Waals surface area contributed by atoms with Crippen LogP contribution in [0.1, 0.15) is 90.4 Å². The van der Waals surface area contributed by atoms with Gasteiger partial charge in [-0.1, -0.05) is 84.0 Å². The normalized spacial score (nSPS) is 17.8. The van der Waals surface area contributed by atoms with Crippen LogP contribution < -0.4 is 5.32 Å². The molecule has 0 aromatic carbocycles. The maximum Gasteiger partial charge on any atom is 0.123 e. The van der Waals surface area contributed by atoms with Gasteiger partial charge in [0.25, 0.3) is 0 Å². The zero-order chi connectivity index (χ0) is 15.2. The SMILES string of the molecule is CCCCCCCCCCCCCCC1CNC(CO)=N1. The largest absolute Gasteiger partial charge is 0.388 e. The van der Waals surface area contributed by atoms with E-state index in [-0.39, 0.29) is 6.61 Å². The molecule has 1 heterocycles. The number of hydrogen-bond acceptors (Lipinski definition) is 3. The fraction of sp³-hybridized carbons (Fsp3) is 0.944. The van der Waals surface area contributed by atoms with Crippen molar-refractivity contribution in [2.75, 3.05) is 13.2 Å². The predicted molar refractivity (Wildman–Crippen MR) is 92.0 cm³/mol. The van der Waals surface area contributed by atoms with Gasteiger partial charge in [-0.3, -0.25) is 4.99 Å². The quantitative estimate of drug-likeness (QED) is 0.465. The molecule has 1 unspecified atom stereocenters. The predicted octanol–water partition coefficient (Wildman–Crippen LogP) is 4.44. The summed E-state index contributed by atoms with van der Waals surface area (Å²) in [5.74, 6) is 0.777. The van der Waals surface area contributed by atoms with Crippen molar-refractivity contribution in [1.29, 1.82) is 0 Å². The maximum atomic E-state index is 8.96. The molecule has 2 N–H and O–H groups in total. The Balaban J connectivity index is 1.76. The van der Waals surface area contributed by atoms with Crippen LogP contribution in [0.5, 0.6) is 0 Å². The monoisotopic (exact) mass is 296 g/mol. The third-order valence-corrected chi connectivity index (χ3v) is 4.42. The molecule has 0 aromatic rings. The zero-order valence-corrected chi connectivity index (χ0v) is 14.1. The third-order valence-electron chi connectivity index (χ3n) is 4.42. The van der Waals surface area contributed by atoms with E-state index in [9.17, 15) is 0 Å². The van der Waals surface area contributed by atoms with Crippen LogP contribution in [-0.2, 0) is 0 Å². The average molecular weight is 296 g/mol. The van der Waals surface area contributed by atoms with Gasteiger partial charge in [-0.05, 0) is 6.42 Å². The maximum absolute atomic E-state index is 8.96.